The fraction of sp³-hybridized carbons (Fsp3) is 0.364. The third kappa shape index (κ3) is 5.15. The van der Waals surface area contributed by atoms with Gasteiger partial charge in [-0.15, -0.1) is 0 Å². The van der Waals surface area contributed by atoms with E-state index in [0.29, 0.717) is 0 Å². The van der Waals surface area contributed by atoms with Crippen LogP contribution in [-0.2, 0) is 6.42 Å². The summed E-state index contributed by atoms with van der Waals surface area (Å²) in [7, 11) is 3.73. The Bertz CT molecular complexity index is 748. The number of benzene rings is 2. The van der Waals surface area contributed by atoms with E-state index in [2.05, 4.69) is 54.5 Å². The standard InChI is InChI=1S/C20H25N3S.C2H6/c1-6-16-8-7-14(2)19(13-16)20(22-5)23(15(3)24)18-11-9-17(21-4)10-12-18;1-2/h7-13,21H,6H2,1-5H3;1-2H3. The summed E-state index contributed by atoms with van der Waals surface area (Å²) in [5, 5.41) is 3.14. The van der Waals surface area contributed by atoms with Gasteiger partial charge >= 0.3 is 0 Å². The highest BCUT2D eigenvalue weighted by Gasteiger charge is 2.19. The van der Waals surface area contributed by atoms with Crippen molar-refractivity contribution >= 4 is 34.4 Å². The van der Waals surface area contributed by atoms with Gasteiger partial charge in [0.1, 0.15) is 5.84 Å². The Labute approximate surface area is 164 Å². The molecule has 140 valence electrons. The molecular formula is C22H31N3S. The number of anilines is 2. The molecule has 26 heavy (non-hydrogen) atoms. The molecule has 4 heteroatoms. The van der Waals surface area contributed by atoms with Crippen LogP contribution < -0.4 is 10.2 Å². The zero-order valence-corrected chi connectivity index (χ0v) is 17.9. The van der Waals surface area contributed by atoms with Crippen molar-refractivity contribution in [3.8, 4) is 0 Å². The van der Waals surface area contributed by atoms with Crippen LogP contribution in [0.15, 0.2) is 47.5 Å². The Morgan fingerprint density at radius 3 is 2.19 bits per heavy atom. The van der Waals surface area contributed by atoms with Crippen molar-refractivity contribution in [2.24, 2.45) is 4.99 Å². The van der Waals surface area contributed by atoms with Gasteiger partial charge in [-0.25, -0.2) is 0 Å². The number of aliphatic imine (C=N–C) groups is 1. The van der Waals surface area contributed by atoms with Crippen LogP contribution in [0.5, 0.6) is 0 Å². The molecule has 0 saturated heterocycles. The summed E-state index contributed by atoms with van der Waals surface area (Å²) in [6.45, 7) is 10.2. The molecule has 0 aromatic heterocycles. The number of nitrogens with zero attached hydrogens (tertiary/aromatic N) is 2. The summed E-state index contributed by atoms with van der Waals surface area (Å²) >= 11 is 5.54. The number of hydrogen-bond donors (Lipinski definition) is 1. The summed E-state index contributed by atoms with van der Waals surface area (Å²) in [5.41, 5.74) is 5.70. The van der Waals surface area contributed by atoms with Crippen molar-refractivity contribution in [3.63, 3.8) is 0 Å². The molecular weight excluding hydrogens is 338 g/mol. The lowest BCUT2D eigenvalue weighted by Crippen LogP contribution is -2.35. The lowest BCUT2D eigenvalue weighted by molar-refractivity contribution is 1.13. The van der Waals surface area contributed by atoms with Crippen LogP contribution in [0.2, 0.25) is 0 Å². The molecule has 2 rings (SSSR count). The molecule has 0 atom stereocenters. The molecule has 0 bridgehead atoms. The molecule has 0 heterocycles. The predicted octanol–water partition coefficient (Wildman–Crippen LogP) is 5.86. The van der Waals surface area contributed by atoms with Gasteiger partial charge in [0.05, 0.1) is 4.99 Å². The van der Waals surface area contributed by atoms with E-state index in [1.807, 2.05) is 51.9 Å². The average molecular weight is 370 g/mol. The predicted molar refractivity (Wildman–Crippen MR) is 121 cm³/mol. The van der Waals surface area contributed by atoms with E-state index in [4.69, 9.17) is 12.2 Å². The molecule has 0 aliphatic rings. The average Bonchev–Trinajstić information content (AvgIpc) is 2.68. The number of hydrogen-bond acceptors (Lipinski definition) is 3. The number of aryl methyl sites for hydroxylation is 2. The topological polar surface area (TPSA) is 27.6 Å². The molecule has 0 spiro atoms. The maximum absolute atomic E-state index is 5.54. The van der Waals surface area contributed by atoms with Crippen LogP contribution in [0.25, 0.3) is 0 Å². The van der Waals surface area contributed by atoms with E-state index in [0.717, 1.165) is 34.2 Å². The highest BCUT2D eigenvalue weighted by Crippen LogP contribution is 2.23. The van der Waals surface area contributed by atoms with Gasteiger partial charge < -0.3 is 5.32 Å². The van der Waals surface area contributed by atoms with E-state index in [1.54, 1.807) is 0 Å². The first kappa shape index (κ1) is 21.8. The van der Waals surface area contributed by atoms with Crippen LogP contribution in [0.1, 0.15) is 44.4 Å². The summed E-state index contributed by atoms with van der Waals surface area (Å²) < 4.78 is 0. The first-order valence-electron chi connectivity index (χ1n) is 9.17. The van der Waals surface area contributed by atoms with E-state index in [9.17, 15) is 0 Å². The molecule has 0 unspecified atom stereocenters. The number of thiocarbonyl (C=S) groups is 1. The summed E-state index contributed by atoms with van der Waals surface area (Å²) in [5.74, 6) is 0.882. The smallest absolute Gasteiger partial charge is 0.140 e. The summed E-state index contributed by atoms with van der Waals surface area (Å²) in [6.07, 6.45) is 0.998. The summed E-state index contributed by atoms with van der Waals surface area (Å²) in [4.78, 5) is 7.39. The van der Waals surface area contributed by atoms with Gasteiger partial charge in [-0.2, -0.15) is 0 Å². The van der Waals surface area contributed by atoms with Crippen LogP contribution in [0.4, 0.5) is 11.4 Å². The molecule has 0 aliphatic heterocycles. The molecule has 3 nitrogen and oxygen atoms in total. The largest absolute Gasteiger partial charge is 0.388 e. The SMILES string of the molecule is CC.CCc1ccc(C)c(C(=NC)N(C(C)=S)c2ccc(NC)cc2)c1. The van der Waals surface area contributed by atoms with Crippen molar-refractivity contribution in [2.75, 3.05) is 24.3 Å². The van der Waals surface area contributed by atoms with Crippen LogP contribution in [0.3, 0.4) is 0 Å². The highest BCUT2D eigenvalue weighted by atomic mass is 32.1. The van der Waals surface area contributed by atoms with Gasteiger partial charge in [-0.1, -0.05) is 45.1 Å². The molecule has 1 N–H and O–H groups in total. The second kappa shape index (κ2) is 10.7. The van der Waals surface area contributed by atoms with Gasteiger partial charge in [0.25, 0.3) is 0 Å². The van der Waals surface area contributed by atoms with Crippen molar-refractivity contribution in [1.82, 2.24) is 0 Å². The van der Waals surface area contributed by atoms with Gasteiger partial charge in [0, 0.05) is 31.0 Å². The molecule has 2 aromatic rings. The molecule has 0 fully saturated rings. The zero-order chi connectivity index (χ0) is 19.7. The van der Waals surface area contributed by atoms with Crippen molar-refractivity contribution in [2.45, 2.75) is 41.0 Å². The van der Waals surface area contributed by atoms with Gasteiger partial charge in [0.2, 0.25) is 0 Å². The lowest BCUT2D eigenvalue weighted by atomic mass is 10.0. The van der Waals surface area contributed by atoms with E-state index >= 15 is 0 Å². The number of amidine groups is 1. The Morgan fingerprint density at radius 1 is 1.12 bits per heavy atom. The Balaban J connectivity index is 0.00000163. The van der Waals surface area contributed by atoms with Crippen molar-refractivity contribution in [3.05, 3.63) is 59.2 Å². The maximum Gasteiger partial charge on any atom is 0.140 e. The number of nitrogens with one attached hydrogen (secondary N) is 1. The zero-order valence-electron chi connectivity index (χ0n) is 17.1. The first-order valence-corrected chi connectivity index (χ1v) is 9.57. The van der Waals surface area contributed by atoms with Gasteiger partial charge in [-0.3, -0.25) is 9.89 Å². The van der Waals surface area contributed by atoms with Gasteiger partial charge in [-0.05, 0) is 61.7 Å². The van der Waals surface area contributed by atoms with Crippen LogP contribution >= 0.6 is 12.2 Å². The normalized spacial score (nSPS) is 10.7. The lowest BCUT2D eigenvalue weighted by Gasteiger charge is -2.26. The minimum absolute atomic E-state index is 0.772. The van der Waals surface area contributed by atoms with E-state index in [1.165, 1.54) is 11.1 Å². The second-order valence-corrected chi connectivity index (χ2v) is 6.29. The monoisotopic (exact) mass is 369 g/mol. The third-order valence-corrected chi connectivity index (χ3v) is 4.29. The van der Waals surface area contributed by atoms with Crippen molar-refractivity contribution < 1.29 is 0 Å². The molecule has 0 aliphatic carbocycles. The quantitative estimate of drug-likeness (QED) is 0.416. The Kier molecular flexibility index (Phi) is 9.00. The highest BCUT2D eigenvalue weighted by molar-refractivity contribution is 7.80. The minimum atomic E-state index is 0.772. The molecule has 0 saturated carbocycles. The fourth-order valence-electron chi connectivity index (χ4n) is 2.70. The first-order chi connectivity index (χ1) is 12.5. The van der Waals surface area contributed by atoms with Crippen LogP contribution in [-0.4, -0.2) is 24.9 Å². The number of rotatable bonds is 4. The minimum Gasteiger partial charge on any atom is -0.388 e. The Hall–Kier alpha value is -2.20. The summed E-state index contributed by atoms with van der Waals surface area (Å²) in [6, 6.07) is 14.7. The maximum atomic E-state index is 5.54. The Morgan fingerprint density at radius 2 is 1.73 bits per heavy atom. The molecule has 0 amide bonds. The second-order valence-electron chi connectivity index (χ2n) is 5.70. The fourth-order valence-corrected chi connectivity index (χ4v) is 2.89. The molecule has 0 radical (unpaired) electrons. The van der Waals surface area contributed by atoms with Gasteiger partial charge in [0.15, 0.2) is 0 Å². The van der Waals surface area contributed by atoms with E-state index in [-0.39, 0.29) is 0 Å². The third-order valence-electron chi connectivity index (χ3n) is 4.10. The van der Waals surface area contributed by atoms with Crippen molar-refractivity contribution in [1.29, 1.82) is 0 Å². The van der Waals surface area contributed by atoms with Crippen LogP contribution in [0, 0.1) is 6.92 Å². The van der Waals surface area contributed by atoms with E-state index < -0.39 is 0 Å². The molecule has 2 aromatic carbocycles.